The number of carbonyl (C=O) groups is 1. The number of nitrogens with two attached hydrogens (primary N) is 1. The molecule has 1 saturated carbocycles. The third kappa shape index (κ3) is 3.39. The first-order valence-corrected chi connectivity index (χ1v) is 7.52. The van der Waals surface area contributed by atoms with Crippen LogP contribution in [0, 0.1) is 5.92 Å². The van der Waals surface area contributed by atoms with E-state index < -0.39 is 0 Å². The van der Waals surface area contributed by atoms with Crippen LogP contribution in [0.15, 0.2) is 5.16 Å². The molecule has 3 N–H and O–H groups in total. The minimum Gasteiger partial charge on any atom is -0.409 e. The van der Waals surface area contributed by atoms with Crippen molar-refractivity contribution in [3.63, 3.8) is 0 Å². The minimum absolute atomic E-state index is 0.148. The van der Waals surface area contributed by atoms with E-state index in [1.165, 1.54) is 12.8 Å². The van der Waals surface area contributed by atoms with E-state index in [4.69, 9.17) is 10.9 Å². The molecule has 108 valence electrons. The second kappa shape index (κ2) is 6.78. The predicted molar refractivity (Wildman–Crippen MR) is 74.0 cm³/mol. The zero-order valence-electron chi connectivity index (χ0n) is 11.6. The Balaban J connectivity index is 2.05. The Morgan fingerprint density at radius 1 is 1.05 bits per heavy atom. The van der Waals surface area contributed by atoms with Gasteiger partial charge >= 0.3 is 0 Å². The highest BCUT2D eigenvalue weighted by molar-refractivity contribution is 5.90. The topological polar surface area (TPSA) is 78.9 Å². The van der Waals surface area contributed by atoms with Crippen LogP contribution in [0.1, 0.15) is 57.8 Å². The molecule has 1 atom stereocenters. The maximum atomic E-state index is 12.7. The standard InChI is InChI=1S/C14H25N3O2/c15-13(16-19)12-9-5-6-10-17(12)14(18)11-7-3-1-2-4-8-11/h11-12,19H,1-10H2,(H2,15,16). The van der Waals surface area contributed by atoms with Crippen molar-refractivity contribution >= 4 is 11.7 Å². The van der Waals surface area contributed by atoms with Crippen molar-refractivity contribution in [2.45, 2.75) is 63.8 Å². The third-order valence-corrected chi connectivity index (χ3v) is 4.45. The molecule has 0 aromatic carbocycles. The lowest BCUT2D eigenvalue weighted by atomic mass is 9.94. The molecule has 1 saturated heterocycles. The predicted octanol–water partition coefficient (Wildman–Crippen LogP) is 2.08. The number of likely N-dealkylation sites (tertiary alicyclic amines) is 1. The van der Waals surface area contributed by atoms with Crippen molar-refractivity contribution in [3.8, 4) is 0 Å². The van der Waals surface area contributed by atoms with Crippen molar-refractivity contribution in [3.05, 3.63) is 0 Å². The van der Waals surface area contributed by atoms with E-state index >= 15 is 0 Å². The summed E-state index contributed by atoms with van der Waals surface area (Å²) in [5, 5.41) is 12.0. The maximum Gasteiger partial charge on any atom is 0.226 e. The number of carbonyl (C=O) groups excluding carboxylic acids is 1. The van der Waals surface area contributed by atoms with Crippen molar-refractivity contribution in [2.75, 3.05) is 6.54 Å². The summed E-state index contributed by atoms with van der Waals surface area (Å²) in [6, 6.07) is -0.200. The molecule has 1 amide bonds. The van der Waals surface area contributed by atoms with Gasteiger partial charge in [-0.3, -0.25) is 4.79 Å². The highest BCUT2D eigenvalue weighted by Crippen LogP contribution is 2.27. The molecule has 0 bridgehead atoms. The monoisotopic (exact) mass is 267 g/mol. The van der Waals surface area contributed by atoms with Gasteiger partial charge in [-0.1, -0.05) is 30.8 Å². The number of oxime groups is 1. The SMILES string of the molecule is NC(=NO)C1CCCCN1C(=O)C1CCCCCC1. The van der Waals surface area contributed by atoms with Gasteiger partial charge in [0.1, 0.15) is 0 Å². The normalized spacial score (nSPS) is 27.1. The Hall–Kier alpha value is -1.26. The number of hydrogen-bond acceptors (Lipinski definition) is 3. The van der Waals surface area contributed by atoms with Gasteiger partial charge in [-0.25, -0.2) is 0 Å². The summed E-state index contributed by atoms with van der Waals surface area (Å²) in [5.74, 6) is 0.550. The van der Waals surface area contributed by atoms with E-state index in [1.807, 2.05) is 4.90 Å². The number of amides is 1. The molecule has 1 aliphatic carbocycles. The van der Waals surface area contributed by atoms with Gasteiger partial charge in [0.15, 0.2) is 5.84 Å². The molecule has 0 aromatic heterocycles. The fourth-order valence-corrected chi connectivity index (χ4v) is 3.33. The van der Waals surface area contributed by atoms with Gasteiger partial charge in [0, 0.05) is 12.5 Å². The number of rotatable bonds is 2. The van der Waals surface area contributed by atoms with Gasteiger partial charge in [-0.2, -0.15) is 0 Å². The van der Waals surface area contributed by atoms with E-state index in [0.717, 1.165) is 51.5 Å². The molecule has 2 rings (SSSR count). The molecule has 0 aromatic rings. The number of piperidine rings is 1. The van der Waals surface area contributed by atoms with Crippen LogP contribution >= 0.6 is 0 Å². The summed E-state index contributed by atoms with van der Waals surface area (Å²) in [5.41, 5.74) is 5.74. The van der Waals surface area contributed by atoms with Gasteiger partial charge in [-0.15, -0.1) is 0 Å². The zero-order valence-corrected chi connectivity index (χ0v) is 11.6. The van der Waals surface area contributed by atoms with E-state index in [2.05, 4.69) is 5.16 Å². The third-order valence-electron chi connectivity index (χ3n) is 4.45. The number of hydrogen-bond donors (Lipinski definition) is 2. The van der Waals surface area contributed by atoms with Crippen LogP contribution in [-0.4, -0.2) is 34.4 Å². The Morgan fingerprint density at radius 2 is 1.68 bits per heavy atom. The Kier molecular flexibility index (Phi) is 5.05. The lowest BCUT2D eigenvalue weighted by molar-refractivity contribution is -0.138. The fourth-order valence-electron chi connectivity index (χ4n) is 3.33. The molecule has 0 radical (unpaired) electrons. The lowest BCUT2D eigenvalue weighted by Crippen LogP contribution is -2.52. The molecule has 2 aliphatic rings. The Morgan fingerprint density at radius 3 is 2.32 bits per heavy atom. The van der Waals surface area contributed by atoms with Crippen molar-refractivity contribution in [2.24, 2.45) is 16.8 Å². The minimum atomic E-state index is -0.200. The Labute approximate surface area is 114 Å². The fraction of sp³-hybridized carbons (Fsp3) is 0.857. The molecule has 1 heterocycles. The van der Waals surface area contributed by atoms with Gasteiger partial charge in [0.25, 0.3) is 0 Å². The first kappa shape index (κ1) is 14.2. The average molecular weight is 267 g/mol. The molecular weight excluding hydrogens is 242 g/mol. The summed E-state index contributed by atoms with van der Waals surface area (Å²) in [6.07, 6.45) is 9.66. The highest BCUT2D eigenvalue weighted by Gasteiger charge is 2.33. The van der Waals surface area contributed by atoms with Crippen LogP contribution in [0.25, 0.3) is 0 Å². The summed E-state index contributed by atoms with van der Waals surface area (Å²) in [6.45, 7) is 0.746. The number of amidine groups is 1. The maximum absolute atomic E-state index is 12.7. The van der Waals surface area contributed by atoms with E-state index in [0.29, 0.717) is 0 Å². The lowest BCUT2D eigenvalue weighted by Gasteiger charge is -2.37. The van der Waals surface area contributed by atoms with E-state index in [1.54, 1.807) is 0 Å². The van der Waals surface area contributed by atoms with Crippen LogP contribution < -0.4 is 5.73 Å². The van der Waals surface area contributed by atoms with Crippen LogP contribution in [-0.2, 0) is 4.79 Å². The van der Waals surface area contributed by atoms with Gasteiger partial charge in [0.2, 0.25) is 5.91 Å². The van der Waals surface area contributed by atoms with E-state index in [9.17, 15) is 4.79 Å². The summed E-state index contributed by atoms with van der Waals surface area (Å²) in [4.78, 5) is 14.5. The summed E-state index contributed by atoms with van der Waals surface area (Å²) in [7, 11) is 0. The smallest absolute Gasteiger partial charge is 0.226 e. The van der Waals surface area contributed by atoms with Crippen LogP contribution in [0.4, 0.5) is 0 Å². The Bertz CT molecular complexity index is 336. The molecule has 19 heavy (non-hydrogen) atoms. The van der Waals surface area contributed by atoms with Crippen molar-refractivity contribution < 1.29 is 10.0 Å². The number of nitrogens with zero attached hydrogens (tertiary/aromatic N) is 2. The van der Waals surface area contributed by atoms with Gasteiger partial charge in [0.05, 0.1) is 6.04 Å². The van der Waals surface area contributed by atoms with Crippen molar-refractivity contribution in [1.82, 2.24) is 4.90 Å². The highest BCUT2D eigenvalue weighted by atomic mass is 16.4. The van der Waals surface area contributed by atoms with Gasteiger partial charge < -0.3 is 15.8 Å². The summed E-state index contributed by atoms with van der Waals surface area (Å²) >= 11 is 0. The first-order chi connectivity index (χ1) is 9.24. The zero-order chi connectivity index (χ0) is 13.7. The largest absolute Gasteiger partial charge is 0.409 e. The molecule has 5 nitrogen and oxygen atoms in total. The average Bonchev–Trinajstić information content (AvgIpc) is 2.74. The van der Waals surface area contributed by atoms with Crippen LogP contribution in [0.2, 0.25) is 0 Å². The van der Waals surface area contributed by atoms with Crippen LogP contribution in [0.3, 0.4) is 0 Å². The molecular formula is C14H25N3O2. The van der Waals surface area contributed by atoms with Gasteiger partial charge in [-0.05, 0) is 32.1 Å². The molecule has 2 fully saturated rings. The second-order valence-corrected chi connectivity index (χ2v) is 5.76. The molecule has 1 unspecified atom stereocenters. The van der Waals surface area contributed by atoms with Crippen LogP contribution in [0.5, 0.6) is 0 Å². The van der Waals surface area contributed by atoms with E-state index in [-0.39, 0.29) is 23.7 Å². The molecule has 0 spiro atoms. The quantitative estimate of drug-likeness (QED) is 0.264. The second-order valence-electron chi connectivity index (χ2n) is 5.76. The first-order valence-electron chi connectivity index (χ1n) is 7.52. The molecule has 5 heteroatoms. The molecule has 1 aliphatic heterocycles. The van der Waals surface area contributed by atoms with Crippen molar-refractivity contribution in [1.29, 1.82) is 0 Å². The summed E-state index contributed by atoms with van der Waals surface area (Å²) < 4.78 is 0.